The summed E-state index contributed by atoms with van der Waals surface area (Å²) in [5.41, 5.74) is 0.425. The molecule has 0 radical (unpaired) electrons. The molecule has 3 rings (SSSR count). The van der Waals surface area contributed by atoms with Crippen molar-refractivity contribution < 1.29 is 13.3 Å². The lowest BCUT2D eigenvalue weighted by Gasteiger charge is -2.24. The molecule has 0 N–H and O–H groups in total. The van der Waals surface area contributed by atoms with Gasteiger partial charge in [0.15, 0.2) is 0 Å². The highest BCUT2D eigenvalue weighted by molar-refractivity contribution is 7.89. The Morgan fingerprint density at radius 1 is 0.846 bits per heavy atom. The van der Waals surface area contributed by atoms with Crippen molar-refractivity contribution in [1.29, 1.82) is 0 Å². The molecular formula is C18H27N3O4S. The molecule has 2 aliphatic heterocycles. The van der Waals surface area contributed by atoms with Gasteiger partial charge in [-0.25, -0.2) is 8.42 Å². The van der Waals surface area contributed by atoms with Crippen LogP contribution >= 0.6 is 0 Å². The molecule has 26 heavy (non-hydrogen) atoms. The molecule has 2 heterocycles. The molecule has 2 aliphatic rings. The summed E-state index contributed by atoms with van der Waals surface area (Å²) in [6, 6.07) is 4.40. The average Bonchev–Trinajstić information content (AvgIpc) is 3.06. The predicted molar refractivity (Wildman–Crippen MR) is 101 cm³/mol. The van der Waals surface area contributed by atoms with E-state index in [0.717, 1.165) is 64.5 Å². The Bertz CT molecular complexity index is 735. The van der Waals surface area contributed by atoms with Crippen LogP contribution < -0.4 is 4.90 Å². The lowest BCUT2D eigenvalue weighted by Crippen LogP contribution is -2.32. The largest absolute Gasteiger partial charge is 0.366 e. The quantitative estimate of drug-likeness (QED) is 0.588. The molecule has 0 aliphatic carbocycles. The first-order valence-electron chi connectivity index (χ1n) is 9.54. The maximum Gasteiger partial charge on any atom is 0.293 e. The molecule has 2 saturated heterocycles. The number of nitro groups is 1. The average molecular weight is 381 g/mol. The number of rotatable bonds is 4. The van der Waals surface area contributed by atoms with Gasteiger partial charge in [0.1, 0.15) is 5.69 Å². The monoisotopic (exact) mass is 381 g/mol. The number of benzene rings is 1. The van der Waals surface area contributed by atoms with Crippen LogP contribution in [-0.2, 0) is 10.0 Å². The molecule has 0 unspecified atom stereocenters. The Hall–Kier alpha value is -1.67. The third kappa shape index (κ3) is 4.17. The molecule has 0 aromatic heterocycles. The maximum absolute atomic E-state index is 12.9. The van der Waals surface area contributed by atoms with Crippen molar-refractivity contribution >= 4 is 21.4 Å². The van der Waals surface area contributed by atoms with Crippen molar-refractivity contribution in [2.24, 2.45) is 0 Å². The Kier molecular flexibility index (Phi) is 6.13. The number of hydrogen-bond donors (Lipinski definition) is 0. The van der Waals surface area contributed by atoms with Crippen LogP contribution in [0.1, 0.15) is 51.4 Å². The van der Waals surface area contributed by atoms with Crippen LogP contribution in [0.25, 0.3) is 0 Å². The van der Waals surface area contributed by atoms with Gasteiger partial charge in [0.2, 0.25) is 10.0 Å². The lowest BCUT2D eigenvalue weighted by molar-refractivity contribution is -0.384. The number of anilines is 1. The summed E-state index contributed by atoms with van der Waals surface area (Å²) in [6.07, 6.45) is 8.01. The molecule has 0 spiro atoms. The molecule has 1 aromatic rings. The second-order valence-electron chi connectivity index (χ2n) is 7.13. The Morgan fingerprint density at radius 3 is 1.92 bits per heavy atom. The molecule has 0 atom stereocenters. The van der Waals surface area contributed by atoms with Gasteiger partial charge in [0.25, 0.3) is 5.69 Å². The zero-order chi connectivity index (χ0) is 18.6. The van der Waals surface area contributed by atoms with Crippen molar-refractivity contribution in [2.45, 2.75) is 56.3 Å². The van der Waals surface area contributed by atoms with Crippen LogP contribution in [-0.4, -0.2) is 43.8 Å². The molecular weight excluding hydrogens is 354 g/mol. The van der Waals surface area contributed by atoms with E-state index < -0.39 is 14.9 Å². The lowest BCUT2D eigenvalue weighted by atomic mass is 10.2. The van der Waals surface area contributed by atoms with Gasteiger partial charge in [-0.3, -0.25) is 10.1 Å². The van der Waals surface area contributed by atoms with Crippen LogP contribution in [0.5, 0.6) is 0 Å². The van der Waals surface area contributed by atoms with Crippen molar-refractivity contribution in [3.63, 3.8) is 0 Å². The smallest absolute Gasteiger partial charge is 0.293 e. The first kappa shape index (κ1) is 19.1. The number of hydrogen-bond acceptors (Lipinski definition) is 5. The third-order valence-corrected chi connectivity index (χ3v) is 7.19. The fourth-order valence-electron chi connectivity index (χ4n) is 3.82. The summed E-state index contributed by atoms with van der Waals surface area (Å²) >= 11 is 0. The van der Waals surface area contributed by atoms with Gasteiger partial charge in [-0.1, -0.05) is 25.7 Å². The number of nitrogens with zero attached hydrogens (tertiary/aromatic N) is 3. The topological polar surface area (TPSA) is 83.8 Å². The maximum atomic E-state index is 12.9. The molecule has 2 fully saturated rings. The molecule has 1 aromatic carbocycles. The fourth-order valence-corrected chi connectivity index (χ4v) is 5.36. The minimum Gasteiger partial charge on any atom is -0.366 e. The van der Waals surface area contributed by atoms with E-state index in [1.165, 1.54) is 16.4 Å². The predicted octanol–water partition coefficient (Wildman–Crippen LogP) is 3.54. The van der Waals surface area contributed by atoms with E-state index >= 15 is 0 Å². The second-order valence-corrected chi connectivity index (χ2v) is 9.07. The summed E-state index contributed by atoms with van der Waals surface area (Å²) in [5, 5.41) is 11.6. The minimum atomic E-state index is -3.69. The number of sulfonamides is 1. The summed E-state index contributed by atoms with van der Waals surface area (Å²) in [7, 11) is -3.69. The van der Waals surface area contributed by atoms with E-state index in [4.69, 9.17) is 0 Å². The molecule has 0 bridgehead atoms. The van der Waals surface area contributed by atoms with E-state index in [9.17, 15) is 18.5 Å². The highest BCUT2D eigenvalue weighted by atomic mass is 32.2. The standard InChI is InChI=1S/C18H27N3O4S/c22-21(23)18-15-16(26(24,25)20-13-7-3-4-8-14-20)9-10-17(18)19-11-5-1-2-6-12-19/h9-10,15H,1-8,11-14H2. The van der Waals surface area contributed by atoms with E-state index in [-0.39, 0.29) is 10.6 Å². The van der Waals surface area contributed by atoms with Gasteiger partial charge < -0.3 is 4.90 Å². The Labute approximate surface area is 155 Å². The summed E-state index contributed by atoms with van der Waals surface area (Å²) in [6.45, 7) is 2.53. The van der Waals surface area contributed by atoms with Gasteiger partial charge in [0, 0.05) is 32.2 Å². The van der Waals surface area contributed by atoms with E-state index in [1.54, 1.807) is 6.07 Å². The first-order chi connectivity index (χ1) is 12.5. The van der Waals surface area contributed by atoms with Crippen molar-refractivity contribution in [3.8, 4) is 0 Å². The van der Waals surface area contributed by atoms with Crippen LogP contribution in [0, 0.1) is 10.1 Å². The molecule has 0 amide bonds. The minimum absolute atomic E-state index is 0.0321. The SMILES string of the molecule is O=[N+]([O-])c1cc(S(=O)(=O)N2CCCCCC2)ccc1N1CCCCCC1. The van der Waals surface area contributed by atoms with Crippen molar-refractivity contribution in [1.82, 2.24) is 4.31 Å². The highest BCUT2D eigenvalue weighted by Gasteiger charge is 2.29. The van der Waals surface area contributed by atoms with Crippen LogP contribution in [0.15, 0.2) is 23.1 Å². The Balaban J connectivity index is 1.93. The fraction of sp³-hybridized carbons (Fsp3) is 0.667. The Morgan fingerprint density at radius 2 is 1.38 bits per heavy atom. The molecule has 8 heteroatoms. The van der Waals surface area contributed by atoms with E-state index in [2.05, 4.69) is 0 Å². The first-order valence-corrected chi connectivity index (χ1v) is 11.0. The molecule has 0 saturated carbocycles. The van der Waals surface area contributed by atoms with Crippen LogP contribution in [0.3, 0.4) is 0 Å². The second kappa shape index (κ2) is 8.35. The summed E-state index contributed by atoms with van der Waals surface area (Å²) in [5.74, 6) is 0. The van der Waals surface area contributed by atoms with Crippen LogP contribution in [0.4, 0.5) is 11.4 Å². The third-order valence-electron chi connectivity index (χ3n) is 5.29. The summed E-state index contributed by atoms with van der Waals surface area (Å²) in [4.78, 5) is 13.2. The van der Waals surface area contributed by atoms with Gasteiger partial charge in [-0.2, -0.15) is 4.31 Å². The zero-order valence-electron chi connectivity index (χ0n) is 15.1. The van der Waals surface area contributed by atoms with E-state index in [0.29, 0.717) is 18.8 Å². The highest BCUT2D eigenvalue weighted by Crippen LogP contribution is 2.33. The van der Waals surface area contributed by atoms with Crippen molar-refractivity contribution in [2.75, 3.05) is 31.1 Å². The van der Waals surface area contributed by atoms with Crippen molar-refractivity contribution in [3.05, 3.63) is 28.3 Å². The number of nitro benzene ring substituents is 1. The van der Waals surface area contributed by atoms with Gasteiger partial charge in [0.05, 0.1) is 9.82 Å². The normalized spacial score (nSPS) is 20.4. The van der Waals surface area contributed by atoms with E-state index in [1.807, 2.05) is 4.90 Å². The molecule has 7 nitrogen and oxygen atoms in total. The summed E-state index contributed by atoms with van der Waals surface area (Å²) < 4.78 is 27.4. The van der Waals surface area contributed by atoms with Gasteiger partial charge >= 0.3 is 0 Å². The van der Waals surface area contributed by atoms with Crippen LogP contribution in [0.2, 0.25) is 0 Å². The zero-order valence-corrected chi connectivity index (χ0v) is 15.9. The van der Waals surface area contributed by atoms with Gasteiger partial charge in [-0.15, -0.1) is 0 Å². The van der Waals surface area contributed by atoms with Gasteiger partial charge in [-0.05, 0) is 37.8 Å². The molecule has 144 valence electrons.